The molecule has 6 N–H and O–H groups in total. The molecule has 1 aliphatic carbocycles. The molecule has 2 heterocycles. The van der Waals surface area contributed by atoms with Crippen LogP contribution in [-0.4, -0.2) is 66.7 Å². The van der Waals surface area contributed by atoms with Gasteiger partial charge in [0.05, 0.1) is 6.10 Å². The summed E-state index contributed by atoms with van der Waals surface area (Å²) in [5, 5.41) is 17.3. The van der Waals surface area contributed by atoms with E-state index in [-0.39, 0.29) is 47.5 Å². The molecule has 9 nitrogen and oxygen atoms in total. The van der Waals surface area contributed by atoms with Crippen molar-refractivity contribution in [2.45, 2.75) is 89.4 Å². The number of hydrogen-bond acceptors (Lipinski definition) is 7. The lowest BCUT2D eigenvalue weighted by Crippen LogP contribution is -2.53. The summed E-state index contributed by atoms with van der Waals surface area (Å²) in [6.45, 7) is 9.26. The van der Waals surface area contributed by atoms with Crippen molar-refractivity contribution in [1.82, 2.24) is 10.2 Å². The SMILES string of the molecule is COC1[C@@H](CNC(=O)CC/C(N)=N/N)CCC(C)N(CC2CC2)CCC2(C)c3c(C)ccc(O)c3O[C@@H]12. The molecule has 206 valence electrons. The molecule has 0 radical (unpaired) electrons. The minimum atomic E-state index is -0.341. The fourth-order valence-corrected chi connectivity index (χ4v) is 6.32. The van der Waals surface area contributed by atoms with Gasteiger partial charge in [-0.15, -0.1) is 0 Å². The number of aromatic hydroxyl groups is 1. The molecule has 1 aromatic rings. The Hall–Kier alpha value is -2.52. The third-order valence-electron chi connectivity index (χ3n) is 8.85. The number of ether oxygens (including phenoxy) is 2. The van der Waals surface area contributed by atoms with E-state index in [2.05, 4.69) is 36.1 Å². The number of carbonyl (C=O) groups is 1. The molecule has 1 aromatic carbocycles. The van der Waals surface area contributed by atoms with Crippen LogP contribution in [0.5, 0.6) is 11.5 Å². The first kappa shape index (κ1) is 27.5. The van der Waals surface area contributed by atoms with E-state index in [0.717, 1.165) is 49.4 Å². The molecule has 5 atom stereocenters. The van der Waals surface area contributed by atoms with Crippen molar-refractivity contribution < 1.29 is 19.4 Å². The number of amidine groups is 1. The number of hydrogen-bond donors (Lipinski definition) is 4. The number of nitrogens with two attached hydrogens (primary N) is 2. The average molecular weight is 516 g/mol. The van der Waals surface area contributed by atoms with Gasteiger partial charge in [-0.2, -0.15) is 5.10 Å². The monoisotopic (exact) mass is 515 g/mol. The molecule has 3 unspecified atom stereocenters. The van der Waals surface area contributed by atoms with Gasteiger partial charge in [0.25, 0.3) is 0 Å². The summed E-state index contributed by atoms with van der Waals surface area (Å²) in [5.41, 5.74) is 7.53. The van der Waals surface area contributed by atoms with E-state index in [9.17, 15) is 9.90 Å². The fourth-order valence-electron chi connectivity index (χ4n) is 6.32. The van der Waals surface area contributed by atoms with Crippen molar-refractivity contribution >= 4 is 11.7 Å². The largest absolute Gasteiger partial charge is 0.504 e. The maximum atomic E-state index is 12.6. The molecule has 0 spiro atoms. The van der Waals surface area contributed by atoms with Gasteiger partial charge in [0, 0.05) is 56.0 Å². The predicted octanol–water partition coefficient (Wildman–Crippen LogP) is 2.76. The Morgan fingerprint density at radius 2 is 2.05 bits per heavy atom. The number of nitrogens with zero attached hydrogens (tertiary/aromatic N) is 2. The van der Waals surface area contributed by atoms with Crippen LogP contribution >= 0.6 is 0 Å². The van der Waals surface area contributed by atoms with Crippen LogP contribution in [0, 0.1) is 18.8 Å². The lowest BCUT2D eigenvalue weighted by atomic mass is 9.70. The standard InChI is InChI=1S/C28H45N5O4/c1-17-5-10-21(34)26-24(17)28(3)13-14-33(16-19-7-8-19)18(2)6-9-20(25(36-4)27(28)37-26)15-31-23(35)12-11-22(29)32-30/h5,10,18-20,25,27,34H,6-9,11-16,30H2,1-4H3,(H2,29,32)(H,31,35)/t18?,20-,25?,27+,28?/m1/s1. The molecule has 2 aliphatic heterocycles. The van der Waals surface area contributed by atoms with Gasteiger partial charge < -0.3 is 36.4 Å². The second-order valence-corrected chi connectivity index (χ2v) is 11.6. The zero-order chi connectivity index (χ0) is 26.7. The maximum Gasteiger partial charge on any atom is 0.220 e. The number of rotatable bonds is 8. The highest BCUT2D eigenvalue weighted by Gasteiger charge is 2.53. The molecule has 4 rings (SSSR count). The van der Waals surface area contributed by atoms with Gasteiger partial charge in [0.1, 0.15) is 11.9 Å². The first-order valence-corrected chi connectivity index (χ1v) is 13.7. The van der Waals surface area contributed by atoms with Crippen molar-refractivity contribution in [2.24, 2.45) is 28.5 Å². The predicted molar refractivity (Wildman–Crippen MR) is 145 cm³/mol. The first-order chi connectivity index (χ1) is 17.7. The van der Waals surface area contributed by atoms with Crippen LogP contribution < -0.4 is 21.6 Å². The number of fused-ring (bicyclic) bond motifs is 3. The van der Waals surface area contributed by atoms with Crippen molar-refractivity contribution in [3.05, 3.63) is 23.3 Å². The normalized spacial score (nSPS) is 30.8. The third kappa shape index (κ3) is 5.98. The smallest absolute Gasteiger partial charge is 0.220 e. The van der Waals surface area contributed by atoms with Crippen molar-refractivity contribution in [1.29, 1.82) is 0 Å². The summed E-state index contributed by atoms with van der Waals surface area (Å²) in [6, 6.07) is 4.13. The molecule has 37 heavy (non-hydrogen) atoms. The van der Waals surface area contributed by atoms with Crippen molar-refractivity contribution in [2.75, 3.05) is 26.7 Å². The summed E-state index contributed by atoms with van der Waals surface area (Å²) in [4.78, 5) is 15.3. The number of benzene rings is 1. The number of aryl methyl sites for hydroxylation is 1. The summed E-state index contributed by atoms with van der Waals surface area (Å²) in [6.07, 6.45) is 5.48. The third-order valence-corrected chi connectivity index (χ3v) is 8.85. The van der Waals surface area contributed by atoms with Crippen LogP contribution in [0.25, 0.3) is 0 Å². The Kier molecular flexibility index (Phi) is 8.53. The number of methoxy groups -OCH3 is 1. The van der Waals surface area contributed by atoms with Crippen LogP contribution in [-0.2, 0) is 14.9 Å². The minimum Gasteiger partial charge on any atom is -0.504 e. The van der Waals surface area contributed by atoms with E-state index < -0.39 is 0 Å². The topological polar surface area (TPSA) is 135 Å². The molecule has 9 heteroatoms. The van der Waals surface area contributed by atoms with E-state index in [0.29, 0.717) is 24.8 Å². The summed E-state index contributed by atoms with van der Waals surface area (Å²) >= 11 is 0. The Balaban J connectivity index is 1.62. The molecular weight excluding hydrogens is 470 g/mol. The van der Waals surface area contributed by atoms with Crippen molar-refractivity contribution in [3.8, 4) is 11.5 Å². The molecule has 0 aromatic heterocycles. The number of nitrogens with one attached hydrogen (secondary N) is 1. The first-order valence-electron chi connectivity index (χ1n) is 13.7. The van der Waals surface area contributed by atoms with Gasteiger partial charge in [-0.25, -0.2) is 0 Å². The van der Waals surface area contributed by atoms with Gasteiger partial charge >= 0.3 is 0 Å². The van der Waals surface area contributed by atoms with Crippen molar-refractivity contribution in [3.63, 3.8) is 0 Å². The van der Waals surface area contributed by atoms with Gasteiger partial charge in [-0.1, -0.05) is 13.0 Å². The highest BCUT2D eigenvalue weighted by Crippen LogP contribution is 2.53. The summed E-state index contributed by atoms with van der Waals surface area (Å²) in [7, 11) is 1.73. The summed E-state index contributed by atoms with van der Waals surface area (Å²) in [5.74, 6) is 6.97. The van der Waals surface area contributed by atoms with E-state index in [1.165, 1.54) is 12.8 Å². The second-order valence-electron chi connectivity index (χ2n) is 11.6. The highest BCUT2D eigenvalue weighted by molar-refractivity contribution is 5.85. The minimum absolute atomic E-state index is 0.0406. The zero-order valence-corrected chi connectivity index (χ0v) is 22.8. The van der Waals surface area contributed by atoms with E-state index >= 15 is 0 Å². The van der Waals surface area contributed by atoms with Gasteiger partial charge in [0.2, 0.25) is 5.91 Å². The maximum absolute atomic E-state index is 12.6. The molecule has 3 aliphatic rings. The van der Waals surface area contributed by atoms with E-state index in [1.54, 1.807) is 13.2 Å². The van der Waals surface area contributed by atoms with Crippen LogP contribution in [0.15, 0.2) is 17.2 Å². The Bertz CT molecular complexity index is 997. The number of hydrazone groups is 1. The molecular formula is C28H45N5O4. The number of carbonyl (C=O) groups excluding carboxylic acids is 1. The molecule has 1 amide bonds. The van der Waals surface area contributed by atoms with E-state index in [4.69, 9.17) is 21.1 Å². The summed E-state index contributed by atoms with van der Waals surface area (Å²) < 4.78 is 12.8. The Morgan fingerprint density at radius 3 is 2.73 bits per heavy atom. The Morgan fingerprint density at radius 1 is 1.30 bits per heavy atom. The quantitative estimate of drug-likeness (QED) is 0.181. The van der Waals surface area contributed by atoms with Crippen LogP contribution in [0.1, 0.15) is 69.9 Å². The zero-order valence-electron chi connectivity index (χ0n) is 22.8. The van der Waals surface area contributed by atoms with Gasteiger partial charge in [0.15, 0.2) is 11.5 Å². The number of amides is 1. The van der Waals surface area contributed by atoms with Gasteiger partial charge in [-0.3, -0.25) is 4.79 Å². The number of phenolic OH excluding ortho intramolecular Hbond substituents is 1. The fraction of sp³-hybridized carbons (Fsp3) is 0.714. The van der Waals surface area contributed by atoms with E-state index in [1.807, 2.05) is 6.07 Å². The molecule has 1 saturated carbocycles. The molecule has 1 saturated heterocycles. The lowest BCUT2D eigenvalue weighted by Gasteiger charge is -2.42. The molecule has 0 bridgehead atoms. The van der Waals surface area contributed by atoms with Crippen LogP contribution in [0.4, 0.5) is 0 Å². The number of phenols is 1. The molecule has 2 fully saturated rings. The van der Waals surface area contributed by atoms with Gasteiger partial charge in [-0.05, 0) is 70.0 Å². The lowest BCUT2D eigenvalue weighted by molar-refractivity contribution is -0.121. The second kappa shape index (κ2) is 11.5. The van der Waals surface area contributed by atoms with Crippen LogP contribution in [0.3, 0.4) is 0 Å². The average Bonchev–Trinajstić information content (AvgIpc) is 3.65. The van der Waals surface area contributed by atoms with Crippen LogP contribution in [0.2, 0.25) is 0 Å². The Labute approximate surface area is 220 Å². The highest BCUT2D eigenvalue weighted by atomic mass is 16.5.